The highest BCUT2D eigenvalue weighted by Gasteiger charge is 2.34. The predicted molar refractivity (Wildman–Crippen MR) is 54.0 cm³/mol. The number of hydrogen-bond acceptors (Lipinski definition) is 2. The molecule has 0 aromatic heterocycles. The summed E-state index contributed by atoms with van der Waals surface area (Å²) < 4.78 is 49.9. The van der Waals surface area contributed by atoms with Gasteiger partial charge in [-0.15, -0.1) is 0 Å². The van der Waals surface area contributed by atoms with E-state index in [-0.39, 0.29) is 12.0 Å². The second-order valence-electron chi connectivity index (χ2n) is 3.51. The van der Waals surface area contributed by atoms with Crippen LogP contribution >= 0.6 is 0 Å². The first-order chi connectivity index (χ1) is 7.86. The molecule has 6 heteroatoms. The maximum atomic E-state index is 13.1. The van der Waals surface area contributed by atoms with E-state index in [0.29, 0.717) is 25.1 Å². The Morgan fingerprint density at radius 3 is 2.41 bits per heavy atom. The summed E-state index contributed by atoms with van der Waals surface area (Å²) in [5.74, 6) is -1.85. The number of Topliss-reactive ketones (excluding diaryl/α,β-unsaturated/α-hetero) is 1. The van der Waals surface area contributed by atoms with E-state index in [1.807, 2.05) is 0 Å². The van der Waals surface area contributed by atoms with Gasteiger partial charge in [-0.05, 0) is 25.1 Å². The maximum Gasteiger partial charge on any atom is 0.419 e. The van der Waals surface area contributed by atoms with Crippen molar-refractivity contribution in [2.75, 3.05) is 6.54 Å². The molecule has 0 unspecified atom stereocenters. The molecule has 1 rings (SSSR count). The first-order valence-electron chi connectivity index (χ1n) is 4.96. The van der Waals surface area contributed by atoms with Crippen LogP contribution in [0.15, 0.2) is 18.2 Å². The van der Waals surface area contributed by atoms with Gasteiger partial charge in [0.25, 0.3) is 0 Å². The smallest absolute Gasteiger partial charge is 0.330 e. The van der Waals surface area contributed by atoms with Crippen LogP contribution in [-0.4, -0.2) is 12.3 Å². The zero-order valence-electron chi connectivity index (χ0n) is 8.85. The molecule has 0 aliphatic rings. The van der Waals surface area contributed by atoms with E-state index < -0.39 is 23.3 Å². The summed E-state index contributed by atoms with van der Waals surface area (Å²) in [6.45, 7) is 0.300. The summed E-state index contributed by atoms with van der Waals surface area (Å²) in [5.41, 5.74) is 3.76. The van der Waals surface area contributed by atoms with Gasteiger partial charge in [0.05, 0.1) is 5.56 Å². The van der Waals surface area contributed by atoms with Gasteiger partial charge < -0.3 is 5.73 Å². The number of benzene rings is 1. The Morgan fingerprint density at radius 2 is 1.94 bits per heavy atom. The van der Waals surface area contributed by atoms with Gasteiger partial charge in [0, 0.05) is 12.0 Å². The van der Waals surface area contributed by atoms with Gasteiger partial charge in [-0.3, -0.25) is 4.79 Å². The van der Waals surface area contributed by atoms with Gasteiger partial charge in [-0.25, -0.2) is 4.39 Å². The topological polar surface area (TPSA) is 43.1 Å². The molecule has 17 heavy (non-hydrogen) atoms. The number of carbonyl (C=O) groups is 1. The summed E-state index contributed by atoms with van der Waals surface area (Å²) in [6.07, 6.45) is -4.23. The van der Waals surface area contributed by atoms with Crippen molar-refractivity contribution in [2.45, 2.75) is 19.0 Å². The fraction of sp³-hybridized carbons (Fsp3) is 0.364. The number of nitrogens with two attached hydrogens (primary N) is 1. The average Bonchev–Trinajstić information content (AvgIpc) is 2.23. The van der Waals surface area contributed by atoms with Crippen molar-refractivity contribution >= 4 is 5.78 Å². The fourth-order valence-electron chi connectivity index (χ4n) is 1.33. The second kappa shape index (κ2) is 5.27. The molecule has 0 amide bonds. The Morgan fingerprint density at radius 1 is 1.29 bits per heavy atom. The minimum atomic E-state index is -4.75. The van der Waals surface area contributed by atoms with Crippen molar-refractivity contribution in [3.63, 3.8) is 0 Å². The van der Waals surface area contributed by atoms with Crippen LogP contribution in [0.1, 0.15) is 28.8 Å². The number of alkyl halides is 3. The van der Waals surface area contributed by atoms with Gasteiger partial charge >= 0.3 is 6.18 Å². The number of halogens is 4. The summed E-state index contributed by atoms with van der Waals surface area (Å²) >= 11 is 0. The standard InChI is InChI=1S/C11H11F4NO/c12-9-6-7(10(17)2-1-5-16)3-4-8(9)11(13,14)15/h3-4,6H,1-2,5,16H2. The van der Waals surface area contributed by atoms with Crippen LogP contribution in [0.4, 0.5) is 17.6 Å². The molecule has 2 N–H and O–H groups in total. The van der Waals surface area contributed by atoms with E-state index in [9.17, 15) is 22.4 Å². The summed E-state index contributed by atoms with van der Waals surface area (Å²) in [6, 6.07) is 2.16. The van der Waals surface area contributed by atoms with E-state index in [4.69, 9.17) is 5.73 Å². The van der Waals surface area contributed by atoms with Crippen LogP contribution in [0.3, 0.4) is 0 Å². The van der Waals surface area contributed by atoms with Crippen LogP contribution < -0.4 is 5.73 Å². The molecule has 0 atom stereocenters. The molecule has 1 aromatic rings. The number of ketones is 1. The molecule has 0 fully saturated rings. The van der Waals surface area contributed by atoms with E-state index in [1.54, 1.807) is 0 Å². The molecule has 0 saturated carbocycles. The van der Waals surface area contributed by atoms with E-state index >= 15 is 0 Å². The quantitative estimate of drug-likeness (QED) is 0.658. The zero-order valence-corrected chi connectivity index (χ0v) is 8.85. The van der Waals surface area contributed by atoms with Gasteiger partial charge in [0.1, 0.15) is 5.82 Å². The highest BCUT2D eigenvalue weighted by Crippen LogP contribution is 2.31. The summed E-state index contributed by atoms with van der Waals surface area (Å²) in [7, 11) is 0. The molecule has 2 nitrogen and oxygen atoms in total. The normalized spacial score (nSPS) is 11.6. The largest absolute Gasteiger partial charge is 0.419 e. The Bertz CT molecular complexity index is 414. The van der Waals surface area contributed by atoms with Crippen LogP contribution in [0, 0.1) is 5.82 Å². The molecule has 0 bridgehead atoms. The first-order valence-corrected chi connectivity index (χ1v) is 4.96. The van der Waals surface area contributed by atoms with Crippen LogP contribution in [-0.2, 0) is 6.18 Å². The van der Waals surface area contributed by atoms with Gasteiger partial charge in [0.2, 0.25) is 0 Å². The van der Waals surface area contributed by atoms with E-state index in [1.165, 1.54) is 0 Å². The SMILES string of the molecule is NCCCC(=O)c1ccc(C(F)(F)F)c(F)c1. The number of carbonyl (C=O) groups excluding carboxylic acids is 1. The lowest BCUT2D eigenvalue weighted by Gasteiger charge is -2.08. The molecule has 0 radical (unpaired) electrons. The van der Waals surface area contributed by atoms with Gasteiger partial charge in [-0.2, -0.15) is 13.2 Å². The zero-order chi connectivity index (χ0) is 13.1. The lowest BCUT2D eigenvalue weighted by Crippen LogP contribution is -2.10. The molecular formula is C11H11F4NO. The Balaban J connectivity index is 2.93. The molecule has 0 spiro atoms. The molecule has 0 saturated heterocycles. The van der Waals surface area contributed by atoms with Gasteiger partial charge in [-0.1, -0.05) is 6.07 Å². The third-order valence-corrected chi connectivity index (χ3v) is 2.20. The highest BCUT2D eigenvalue weighted by molar-refractivity contribution is 5.96. The fourth-order valence-corrected chi connectivity index (χ4v) is 1.33. The van der Waals surface area contributed by atoms with Crippen molar-refractivity contribution in [1.82, 2.24) is 0 Å². The first kappa shape index (κ1) is 13.6. The average molecular weight is 249 g/mol. The van der Waals surface area contributed by atoms with Crippen molar-refractivity contribution in [3.05, 3.63) is 35.1 Å². The van der Waals surface area contributed by atoms with E-state index in [0.717, 1.165) is 6.07 Å². The number of hydrogen-bond donors (Lipinski definition) is 1. The monoisotopic (exact) mass is 249 g/mol. The molecule has 94 valence electrons. The summed E-state index contributed by atoms with van der Waals surface area (Å²) in [4.78, 5) is 11.4. The Labute approximate surface area is 95.4 Å². The molecule has 0 aliphatic heterocycles. The molecule has 0 heterocycles. The predicted octanol–water partition coefficient (Wildman–Crippen LogP) is 2.77. The van der Waals surface area contributed by atoms with Gasteiger partial charge in [0.15, 0.2) is 5.78 Å². The van der Waals surface area contributed by atoms with Crippen LogP contribution in [0.25, 0.3) is 0 Å². The molecular weight excluding hydrogens is 238 g/mol. The highest BCUT2D eigenvalue weighted by atomic mass is 19.4. The third kappa shape index (κ3) is 3.52. The lowest BCUT2D eigenvalue weighted by atomic mass is 10.0. The van der Waals surface area contributed by atoms with Crippen LogP contribution in [0.2, 0.25) is 0 Å². The van der Waals surface area contributed by atoms with Crippen molar-refractivity contribution < 1.29 is 22.4 Å². The van der Waals surface area contributed by atoms with Crippen molar-refractivity contribution in [3.8, 4) is 0 Å². The van der Waals surface area contributed by atoms with Crippen molar-refractivity contribution in [2.24, 2.45) is 5.73 Å². The second-order valence-corrected chi connectivity index (χ2v) is 3.51. The van der Waals surface area contributed by atoms with E-state index in [2.05, 4.69) is 0 Å². The molecule has 0 aliphatic carbocycles. The minimum Gasteiger partial charge on any atom is -0.330 e. The summed E-state index contributed by atoms with van der Waals surface area (Å²) in [5, 5.41) is 0. The number of rotatable bonds is 4. The van der Waals surface area contributed by atoms with Crippen molar-refractivity contribution in [1.29, 1.82) is 0 Å². The third-order valence-electron chi connectivity index (χ3n) is 2.20. The maximum absolute atomic E-state index is 13.1. The Hall–Kier alpha value is -1.43. The molecule has 1 aromatic carbocycles. The minimum absolute atomic E-state index is 0.0658. The Kier molecular flexibility index (Phi) is 4.22. The lowest BCUT2D eigenvalue weighted by molar-refractivity contribution is -0.140. The van der Waals surface area contributed by atoms with Crippen LogP contribution in [0.5, 0.6) is 0 Å².